The van der Waals surface area contributed by atoms with Crippen LogP contribution >= 0.6 is 0 Å². The molecule has 0 radical (unpaired) electrons. The van der Waals surface area contributed by atoms with Crippen molar-refractivity contribution in [1.82, 2.24) is 15.5 Å². The van der Waals surface area contributed by atoms with E-state index in [1.807, 2.05) is 0 Å². The lowest BCUT2D eigenvalue weighted by Gasteiger charge is -2.25. The van der Waals surface area contributed by atoms with Crippen LogP contribution in [0, 0.1) is 0 Å². The van der Waals surface area contributed by atoms with E-state index < -0.39 is 0 Å². The highest BCUT2D eigenvalue weighted by molar-refractivity contribution is 4.90. The van der Waals surface area contributed by atoms with E-state index in [0.29, 0.717) is 0 Å². The number of hydrogen-bond acceptors (Lipinski definition) is 3. The van der Waals surface area contributed by atoms with Crippen LogP contribution in [0.15, 0.2) is 12.2 Å². The Labute approximate surface area is 92.9 Å². The molecule has 2 aliphatic heterocycles. The molecular weight excluding hydrogens is 186 g/mol. The fraction of sp³-hybridized carbons (Fsp3) is 0.833. The Bertz CT molecular complexity index is 191. The summed E-state index contributed by atoms with van der Waals surface area (Å²) in [6.45, 7) is 7.05. The molecule has 2 saturated heterocycles. The molecule has 2 fully saturated rings. The average molecular weight is 209 g/mol. The number of nitrogens with one attached hydrogen (secondary N) is 2. The molecule has 2 heterocycles. The summed E-state index contributed by atoms with van der Waals surface area (Å²) in [5.74, 6) is 0. The fourth-order valence-electron chi connectivity index (χ4n) is 2.34. The lowest BCUT2D eigenvalue weighted by Crippen LogP contribution is -2.43. The van der Waals surface area contributed by atoms with Gasteiger partial charge < -0.3 is 10.6 Å². The average Bonchev–Trinajstić information content (AvgIpc) is 2.79. The number of hydrogen-bond donors (Lipinski definition) is 2. The molecule has 0 bridgehead atoms. The van der Waals surface area contributed by atoms with Crippen molar-refractivity contribution in [2.75, 3.05) is 39.3 Å². The second-order valence-corrected chi connectivity index (χ2v) is 4.55. The van der Waals surface area contributed by atoms with Crippen molar-refractivity contribution >= 4 is 0 Å². The Morgan fingerprint density at radius 2 is 2.00 bits per heavy atom. The largest absolute Gasteiger partial charge is 0.314 e. The lowest BCUT2D eigenvalue weighted by atomic mass is 10.1. The van der Waals surface area contributed by atoms with E-state index in [9.17, 15) is 0 Å². The van der Waals surface area contributed by atoms with Gasteiger partial charge in [-0.05, 0) is 25.8 Å². The molecule has 0 aliphatic carbocycles. The van der Waals surface area contributed by atoms with Gasteiger partial charge in [0.25, 0.3) is 0 Å². The summed E-state index contributed by atoms with van der Waals surface area (Å²) in [6.07, 6.45) is 8.62. The maximum atomic E-state index is 3.52. The van der Waals surface area contributed by atoms with Crippen LogP contribution < -0.4 is 10.6 Å². The number of piperazine rings is 1. The summed E-state index contributed by atoms with van der Waals surface area (Å²) >= 11 is 0. The molecule has 15 heavy (non-hydrogen) atoms. The summed E-state index contributed by atoms with van der Waals surface area (Å²) < 4.78 is 0. The first-order chi connectivity index (χ1) is 7.45. The molecule has 0 amide bonds. The molecule has 2 N–H and O–H groups in total. The smallest absolute Gasteiger partial charge is 0.0164 e. The van der Waals surface area contributed by atoms with Crippen LogP contribution in [0.3, 0.4) is 0 Å². The van der Waals surface area contributed by atoms with Crippen molar-refractivity contribution in [3.8, 4) is 0 Å². The predicted molar refractivity (Wildman–Crippen MR) is 64.1 cm³/mol. The Morgan fingerprint density at radius 1 is 1.13 bits per heavy atom. The van der Waals surface area contributed by atoms with Gasteiger partial charge in [0.1, 0.15) is 0 Å². The minimum absolute atomic E-state index is 0.754. The third-order valence-corrected chi connectivity index (χ3v) is 3.32. The molecule has 0 aromatic carbocycles. The van der Waals surface area contributed by atoms with Crippen molar-refractivity contribution < 1.29 is 0 Å². The first kappa shape index (κ1) is 11.1. The third kappa shape index (κ3) is 3.93. The minimum atomic E-state index is 0.754. The molecule has 1 unspecified atom stereocenters. The first-order valence-corrected chi connectivity index (χ1v) is 6.26. The van der Waals surface area contributed by atoms with E-state index in [0.717, 1.165) is 25.7 Å². The third-order valence-electron chi connectivity index (χ3n) is 3.32. The number of rotatable bonds is 4. The molecule has 3 nitrogen and oxygen atoms in total. The lowest BCUT2D eigenvalue weighted by molar-refractivity contribution is 0.264. The molecule has 1 atom stereocenters. The van der Waals surface area contributed by atoms with Gasteiger partial charge in [-0.15, -0.1) is 0 Å². The molecule has 0 spiro atoms. The Morgan fingerprint density at radius 3 is 2.73 bits per heavy atom. The standard InChI is InChI=1S/C12H23N3/c1(4-12-5-3-6-14-12)2-9-15-10-7-13-8-11-15/h1-2,12-14H,3-11H2/b2-1-. The molecule has 0 saturated carbocycles. The maximum absolute atomic E-state index is 3.52. The van der Waals surface area contributed by atoms with E-state index in [1.54, 1.807) is 0 Å². The Kier molecular flexibility index (Phi) is 4.64. The summed E-state index contributed by atoms with van der Waals surface area (Å²) in [4.78, 5) is 2.51. The van der Waals surface area contributed by atoms with Crippen molar-refractivity contribution in [3.05, 3.63) is 12.2 Å². The zero-order valence-corrected chi connectivity index (χ0v) is 9.54. The van der Waals surface area contributed by atoms with Crippen LogP contribution in [0.1, 0.15) is 19.3 Å². The van der Waals surface area contributed by atoms with E-state index >= 15 is 0 Å². The normalized spacial score (nSPS) is 28.9. The second-order valence-electron chi connectivity index (χ2n) is 4.55. The van der Waals surface area contributed by atoms with Crippen molar-refractivity contribution in [3.63, 3.8) is 0 Å². The summed E-state index contributed by atoms with van der Waals surface area (Å²) in [7, 11) is 0. The SMILES string of the molecule is C(=C/CN1CCNCC1)/CC1CCCN1. The summed E-state index contributed by atoms with van der Waals surface area (Å²) in [5, 5.41) is 6.89. The monoisotopic (exact) mass is 209 g/mol. The zero-order chi connectivity index (χ0) is 10.3. The van der Waals surface area contributed by atoms with Gasteiger partial charge in [0.05, 0.1) is 0 Å². The van der Waals surface area contributed by atoms with Crippen LogP contribution in [0.5, 0.6) is 0 Å². The zero-order valence-electron chi connectivity index (χ0n) is 9.54. The van der Waals surface area contributed by atoms with Crippen molar-refractivity contribution in [2.45, 2.75) is 25.3 Å². The first-order valence-electron chi connectivity index (χ1n) is 6.26. The summed E-state index contributed by atoms with van der Waals surface area (Å²) in [6, 6.07) is 0.754. The van der Waals surface area contributed by atoms with Gasteiger partial charge in [0.15, 0.2) is 0 Å². The highest BCUT2D eigenvalue weighted by atomic mass is 15.2. The second kappa shape index (κ2) is 6.26. The van der Waals surface area contributed by atoms with Gasteiger partial charge in [-0.2, -0.15) is 0 Å². The van der Waals surface area contributed by atoms with Gasteiger partial charge in [-0.1, -0.05) is 12.2 Å². The Hall–Kier alpha value is -0.380. The Balaban J connectivity index is 1.57. The quantitative estimate of drug-likeness (QED) is 0.664. The van der Waals surface area contributed by atoms with Crippen molar-refractivity contribution in [2.24, 2.45) is 0 Å². The van der Waals surface area contributed by atoms with E-state index in [1.165, 1.54) is 38.9 Å². The van der Waals surface area contributed by atoms with Crippen LogP contribution in [0.25, 0.3) is 0 Å². The van der Waals surface area contributed by atoms with E-state index in [2.05, 4.69) is 27.7 Å². The van der Waals surface area contributed by atoms with Crippen LogP contribution in [-0.2, 0) is 0 Å². The minimum Gasteiger partial charge on any atom is -0.314 e. The fourth-order valence-corrected chi connectivity index (χ4v) is 2.34. The molecule has 86 valence electrons. The van der Waals surface area contributed by atoms with Gasteiger partial charge in [-0.3, -0.25) is 4.90 Å². The van der Waals surface area contributed by atoms with Gasteiger partial charge in [-0.25, -0.2) is 0 Å². The highest BCUT2D eigenvalue weighted by Gasteiger charge is 2.11. The van der Waals surface area contributed by atoms with Crippen LogP contribution in [0.4, 0.5) is 0 Å². The summed E-state index contributed by atoms with van der Waals surface area (Å²) in [5.41, 5.74) is 0. The molecule has 2 aliphatic rings. The maximum Gasteiger partial charge on any atom is 0.0164 e. The highest BCUT2D eigenvalue weighted by Crippen LogP contribution is 2.08. The van der Waals surface area contributed by atoms with Gasteiger partial charge in [0.2, 0.25) is 0 Å². The molecular formula is C12H23N3. The topological polar surface area (TPSA) is 27.3 Å². The molecule has 0 aromatic heterocycles. The van der Waals surface area contributed by atoms with Crippen LogP contribution in [0.2, 0.25) is 0 Å². The molecule has 0 aromatic rings. The molecule has 2 rings (SSSR count). The molecule has 3 heteroatoms. The van der Waals surface area contributed by atoms with Crippen molar-refractivity contribution in [1.29, 1.82) is 0 Å². The van der Waals surface area contributed by atoms with Crippen LogP contribution in [-0.4, -0.2) is 50.2 Å². The number of nitrogens with zero attached hydrogens (tertiary/aromatic N) is 1. The van der Waals surface area contributed by atoms with E-state index in [4.69, 9.17) is 0 Å². The van der Waals surface area contributed by atoms with E-state index in [-0.39, 0.29) is 0 Å². The van der Waals surface area contributed by atoms with Gasteiger partial charge >= 0.3 is 0 Å². The predicted octanol–water partition coefficient (Wildman–Crippen LogP) is 0.590. The van der Waals surface area contributed by atoms with Gasteiger partial charge in [0, 0.05) is 38.8 Å².